The predicted octanol–water partition coefficient (Wildman–Crippen LogP) is 6.13. The Balaban J connectivity index is 1.82. The lowest BCUT2D eigenvalue weighted by atomic mass is 10.2. The molecule has 174 valence electrons. The van der Waals surface area contributed by atoms with Crippen molar-refractivity contribution in [1.29, 1.82) is 0 Å². The van der Waals surface area contributed by atoms with Crippen LogP contribution in [0.15, 0.2) is 76.6 Å². The maximum absolute atomic E-state index is 13.4. The van der Waals surface area contributed by atoms with Crippen molar-refractivity contribution in [3.63, 3.8) is 0 Å². The molecule has 0 aliphatic rings. The average Bonchev–Trinajstić information content (AvgIpc) is 2.86. The van der Waals surface area contributed by atoms with Crippen LogP contribution in [0.1, 0.15) is 32.8 Å². The molecular weight excluding hydrogens is 541 g/mol. The number of para-hydroxylation sites is 1. The largest absolute Gasteiger partial charge is 0.490 e. The van der Waals surface area contributed by atoms with Crippen molar-refractivity contribution in [2.45, 2.75) is 33.3 Å². The first-order valence-electron chi connectivity index (χ1n) is 11.3. The monoisotopic (exact) mass is 567 g/mol. The third kappa shape index (κ3) is 5.14. The van der Waals surface area contributed by atoms with Gasteiger partial charge in [0.1, 0.15) is 0 Å². The Bertz CT molecular complexity index is 1380. The average molecular weight is 567 g/mol. The molecule has 0 bridgehead atoms. The highest BCUT2D eigenvalue weighted by Crippen LogP contribution is 2.35. The molecule has 1 aromatic heterocycles. The van der Waals surface area contributed by atoms with E-state index in [1.807, 2.05) is 74.5 Å². The van der Waals surface area contributed by atoms with E-state index in [0.29, 0.717) is 29.1 Å². The van der Waals surface area contributed by atoms with Crippen molar-refractivity contribution in [1.82, 2.24) is 9.66 Å². The fourth-order valence-corrected chi connectivity index (χ4v) is 4.21. The highest BCUT2D eigenvalue weighted by molar-refractivity contribution is 14.1. The van der Waals surface area contributed by atoms with E-state index in [1.54, 1.807) is 12.3 Å². The van der Waals surface area contributed by atoms with Gasteiger partial charge in [0, 0.05) is 5.56 Å². The van der Waals surface area contributed by atoms with Gasteiger partial charge in [-0.15, -0.1) is 0 Å². The second-order valence-electron chi connectivity index (χ2n) is 7.78. The molecule has 0 radical (unpaired) electrons. The van der Waals surface area contributed by atoms with Gasteiger partial charge in [0.2, 0.25) is 0 Å². The predicted molar refractivity (Wildman–Crippen MR) is 145 cm³/mol. The molecule has 0 saturated carbocycles. The quantitative estimate of drug-likeness (QED) is 0.190. The van der Waals surface area contributed by atoms with Crippen LogP contribution in [-0.2, 0) is 0 Å². The summed E-state index contributed by atoms with van der Waals surface area (Å²) < 4.78 is 14.2. The highest BCUT2D eigenvalue weighted by Gasteiger charge is 2.15. The summed E-state index contributed by atoms with van der Waals surface area (Å²) in [6.45, 7) is 6.57. The van der Waals surface area contributed by atoms with E-state index in [4.69, 9.17) is 14.5 Å². The first-order chi connectivity index (χ1) is 16.5. The molecule has 0 aliphatic heterocycles. The molecule has 0 aliphatic carbocycles. The van der Waals surface area contributed by atoms with Crippen molar-refractivity contribution in [2.75, 3.05) is 6.61 Å². The molecule has 0 N–H and O–H groups in total. The van der Waals surface area contributed by atoms with Gasteiger partial charge in [0.05, 0.1) is 33.4 Å². The summed E-state index contributed by atoms with van der Waals surface area (Å²) in [6, 6.07) is 20.7. The van der Waals surface area contributed by atoms with Crippen molar-refractivity contribution in [3.8, 4) is 22.9 Å². The van der Waals surface area contributed by atoms with Crippen LogP contribution in [-0.4, -0.2) is 28.6 Å². The molecule has 1 atom stereocenters. The molecule has 0 saturated heterocycles. The van der Waals surface area contributed by atoms with Crippen LogP contribution >= 0.6 is 22.6 Å². The third-order valence-corrected chi connectivity index (χ3v) is 6.14. The Hall–Kier alpha value is -3.20. The molecular formula is C27H26IN3O3. The lowest BCUT2D eigenvalue weighted by Crippen LogP contribution is -2.20. The number of fused-ring (bicyclic) bond motifs is 1. The van der Waals surface area contributed by atoms with Crippen LogP contribution in [0.4, 0.5) is 0 Å². The van der Waals surface area contributed by atoms with E-state index in [9.17, 15) is 4.79 Å². The Morgan fingerprint density at radius 3 is 2.56 bits per heavy atom. The van der Waals surface area contributed by atoms with Crippen LogP contribution in [0.5, 0.6) is 11.5 Å². The molecule has 0 unspecified atom stereocenters. The summed E-state index contributed by atoms with van der Waals surface area (Å²) in [7, 11) is 0. The molecule has 7 heteroatoms. The number of nitrogens with zero attached hydrogens (tertiary/aromatic N) is 3. The van der Waals surface area contributed by atoms with E-state index < -0.39 is 0 Å². The van der Waals surface area contributed by atoms with Crippen LogP contribution < -0.4 is 15.0 Å². The summed E-state index contributed by atoms with van der Waals surface area (Å²) >= 11 is 2.24. The Labute approximate surface area is 212 Å². The second kappa shape index (κ2) is 10.8. The van der Waals surface area contributed by atoms with Gasteiger partial charge in [-0.25, -0.2) is 4.98 Å². The highest BCUT2D eigenvalue weighted by atomic mass is 127. The van der Waals surface area contributed by atoms with Crippen molar-refractivity contribution < 1.29 is 9.47 Å². The SMILES string of the molecule is CCOc1cc(C=Nn2c(-c3ccccc3)nc3ccccc3c2=O)cc(I)c1O[C@@H](C)CC. The van der Waals surface area contributed by atoms with Crippen molar-refractivity contribution in [3.05, 3.63) is 86.2 Å². The Kier molecular flexibility index (Phi) is 7.62. The second-order valence-corrected chi connectivity index (χ2v) is 8.94. The molecule has 34 heavy (non-hydrogen) atoms. The van der Waals surface area contributed by atoms with E-state index >= 15 is 0 Å². The molecule has 0 fully saturated rings. The number of rotatable bonds is 8. The minimum Gasteiger partial charge on any atom is -0.490 e. The van der Waals surface area contributed by atoms with Crippen LogP contribution in [0.2, 0.25) is 0 Å². The van der Waals surface area contributed by atoms with Crippen LogP contribution in [0, 0.1) is 3.57 Å². The fraction of sp³-hybridized carbons (Fsp3) is 0.222. The van der Waals surface area contributed by atoms with Crippen molar-refractivity contribution >= 4 is 39.7 Å². The number of ether oxygens (including phenoxy) is 2. The number of halogens is 1. The third-order valence-electron chi connectivity index (χ3n) is 5.33. The zero-order valence-electron chi connectivity index (χ0n) is 19.4. The summed E-state index contributed by atoms with van der Waals surface area (Å²) in [4.78, 5) is 18.1. The zero-order valence-corrected chi connectivity index (χ0v) is 21.5. The number of hydrogen-bond acceptors (Lipinski definition) is 5. The Morgan fingerprint density at radius 2 is 1.82 bits per heavy atom. The van der Waals surface area contributed by atoms with E-state index in [0.717, 1.165) is 26.9 Å². The van der Waals surface area contributed by atoms with Gasteiger partial charge < -0.3 is 9.47 Å². The van der Waals surface area contributed by atoms with Gasteiger partial charge >= 0.3 is 0 Å². The van der Waals surface area contributed by atoms with Gasteiger partial charge in [0.15, 0.2) is 17.3 Å². The van der Waals surface area contributed by atoms with Gasteiger partial charge in [-0.1, -0.05) is 49.4 Å². The zero-order chi connectivity index (χ0) is 24.1. The molecule has 4 aromatic rings. The fourth-order valence-electron chi connectivity index (χ4n) is 3.45. The molecule has 1 heterocycles. The number of hydrogen-bond donors (Lipinski definition) is 0. The lowest BCUT2D eigenvalue weighted by molar-refractivity contribution is 0.201. The molecule has 3 aromatic carbocycles. The minimum absolute atomic E-state index is 0.0721. The van der Waals surface area contributed by atoms with Crippen LogP contribution in [0.25, 0.3) is 22.3 Å². The first kappa shape index (κ1) is 23.9. The summed E-state index contributed by atoms with van der Waals surface area (Å²) in [5.41, 5.74) is 2.02. The van der Waals surface area contributed by atoms with Crippen molar-refractivity contribution in [2.24, 2.45) is 5.10 Å². The van der Waals surface area contributed by atoms with E-state index in [1.165, 1.54) is 4.68 Å². The molecule has 4 rings (SSSR count). The number of benzene rings is 3. The van der Waals surface area contributed by atoms with Gasteiger partial charge in [-0.05, 0) is 72.7 Å². The topological polar surface area (TPSA) is 65.7 Å². The molecule has 0 spiro atoms. The molecule has 6 nitrogen and oxygen atoms in total. The maximum atomic E-state index is 13.4. The smallest absolute Gasteiger partial charge is 0.282 e. The standard InChI is InChI=1S/C27H26IN3O3/c1-4-18(3)34-25-22(28)15-19(16-24(25)33-5-2)17-29-31-26(20-11-7-6-8-12-20)30-23-14-10-9-13-21(23)27(31)32/h6-18H,4-5H2,1-3H3/t18-/m0/s1. The van der Waals surface area contributed by atoms with Crippen LogP contribution in [0.3, 0.4) is 0 Å². The Morgan fingerprint density at radius 1 is 1.09 bits per heavy atom. The first-order valence-corrected chi connectivity index (χ1v) is 12.3. The summed E-state index contributed by atoms with van der Waals surface area (Å²) in [6.07, 6.45) is 2.62. The number of aromatic nitrogens is 2. The normalized spacial score (nSPS) is 12.2. The minimum atomic E-state index is -0.225. The lowest BCUT2D eigenvalue weighted by Gasteiger charge is -2.18. The van der Waals surface area contributed by atoms with Gasteiger partial charge in [0.25, 0.3) is 5.56 Å². The van der Waals surface area contributed by atoms with Gasteiger partial charge in [-0.2, -0.15) is 9.78 Å². The van der Waals surface area contributed by atoms with E-state index in [-0.39, 0.29) is 11.7 Å². The maximum Gasteiger partial charge on any atom is 0.282 e. The summed E-state index contributed by atoms with van der Waals surface area (Å²) in [5.74, 6) is 1.86. The van der Waals surface area contributed by atoms with Gasteiger partial charge in [-0.3, -0.25) is 4.79 Å². The van der Waals surface area contributed by atoms with E-state index in [2.05, 4.69) is 34.6 Å². The molecule has 0 amide bonds. The summed E-state index contributed by atoms with van der Waals surface area (Å²) in [5, 5.41) is 5.08.